The fourth-order valence-corrected chi connectivity index (χ4v) is 1.85. The smallest absolute Gasteiger partial charge is 0.374 e. The van der Waals surface area contributed by atoms with E-state index in [0.717, 1.165) is 0 Å². The van der Waals surface area contributed by atoms with E-state index in [9.17, 15) is 9.59 Å². The van der Waals surface area contributed by atoms with Crippen LogP contribution in [0.1, 0.15) is 21.9 Å². The highest BCUT2D eigenvalue weighted by molar-refractivity contribution is 6.32. The van der Waals surface area contributed by atoms with E-state index in [1.807, 2.05) is 6.07 Å². The lowest BCUT2D eigenvalue weighted by Crippen LogP contribution is -2.20. The summed E-state index contributed by atoms with van der Waals surface area (Å²) in [5.41, 5.74) is 0.707. The Bertz CT molecular complexity index is 761. The average molecular weight is 319 g/mol. The lowest BCUT2D eigenvalue weighted by atomic mass is 10.2. The minimum Gasteiger partial charge on any atom is -0.454 e. The highest BCUT2D eigenvalue weighted by Crippen LogP contribution is 2.20. The molecule has 0 saturated heterocycles. The summed E-state index contributed by atoms with van der Waals surface area (Å²) in [4.78, 5) is 23.3. The van der Waals surface area contributed by atoms with Crippen molar-refractivity contribution in [2.24, 2.45) is 0 Å². The number of carbonyl (C=O) groups is 2. The molecule has 1 aromatic heterocycles. The van der Waals surface area contributed by atoms with Crippen molar-refractivity contribution in [3.8, 4) is 6.07 Å². The molecule has 2 rings (SSSR count). The summed E-state index contributed by atoms with van der Waals surface area (Å²) in [5, 5.41) is 11.5. The molecule has 0 aliphatic heterocycles. The van der Waals surface area contributed by atoms with Crippen molar-refractivity contribution in [1.29, 1.82) is 5.26 Å². The number of nitriles is 1. The SMILES string of the molecule is Cc1ccc(C(=O)OCC(=O)Nc2ccc(C#N)c(Cl)c2)o1. The van der Waals surface area contributed by atoms with Gasteiger partial charge in [0.2, 0.25) is 5.76 Å². The molecular formula is C15H11ClN2O4. The second-order valence-electron chi connectivity index (χ2n) is 4.34. The number of rotatable bonds is 4. The summed E-state index contributed by atoms with van der Waals surface area (Å²) in [5.74, 6) is -0.645. The van der Waals surface area contributed by atoms with E-state index in [-0.39, 0.29) is 10.8 Å². The first-order valence-electron chi connectivity index (χ1n) is 6.22. The molecule has 0 unspecified atom stereocenters. The van der Waals surface area contributed by atoms with Crippen LogP contribution in [0.2, 0.25) is 5.02 Å². The van der Waals surface area contributed by atoms with Crippen LogP contribution in [0, 0.1) is 18.3 Å². The highest BCUT2D eigenvalue weighted by atomic mass is 35.5. The Kier molecular flexibility index (Phi) is 4.81. The summed E-state index contributed by atoms with van der Waals surface area (Å²) < 4.78 is 9.90. The van der Waals surface area contributed by atoms with Crippen molar-refractivity contribution < 1.29 is 18.7 Å². The predicted molar refractivity (Wildman–Crippen MR) is 78.5 cm³/mol. The first-order valence-corrected chi connectivity index (χ1v) is 6.60. The second-order valence-corrected chi connectivity index (χ2v) is 4.75. The van der Waals surface area contributed by atoms with Crippen molar-refractivity contribution in [1.82, 2.24) is 0 Å². The summed E-state index contributed by atoms with van der Waals surface area (Å²) >= 11 is 5.85. The van der Waals surface area contributed by atoms with Crippen LogP contribution < -0.4 is 5.32 Å². The number of nitrogens with one attached hydrogen (secondary N) is 1. The van der Waals surface area contributed by atoms with Gasteiger partial charge in [0, 0.05) is 5.69 Å². The molecule has 1 heterocycles. The Hall–Kier alpha value is -2.78. The number of ether oxygens (including phenoxy) is 1. The zero-order chi connectivity index (χ0) is 16.1. The molecule has 1 amide bonds. The van der Waals surface area contributed by atoms with Gasteiger partial charge >= 0.3 is 5.97 Å². The summed E-state index contributed by atoms with van der Waals surface area (Å²) in [7, 11) is 0. The van der Waals surface area contributed by atoms with Gasteiger partial charge in [0.05, 0.1) is 10.6 Å². The number of amides is 1. The minimum absolute atomic E-state index is 0.0340. The number of hydrogen-bond acceptors (Lipinski definition) is 5. The molecular weight excluding hydrogens is 308 g/mol. The number of carbonyl (C=O) groups excluding carboxylic acids is 2. The minimum atomic E-state index is -0.721. The maximum Gasteiger partial charge on any atom is 0.374 e. The first kappa shape index (κ1) is 15.6. The van der Waals surface area contributed by atoms with Gasteiger partial charge in [0.1, 0.15) is 11.8 Å². The Morgan fingerprint density at radius 2 is 2.14 bits per heavy atom. The van der Waals surface area contributed by atoms with E-state index in [0.29, 0.717) is 17.0 Å². The Morgan fingerprint density at radius 3 is 2.73 bits per heavy atom. The van der Waals surface area contributed by atoms with Crippen molar-refractivity contribution in [3.05, 3.63) is 52.4 Å². The van der Waals surface area contributed by atoms with Crippen molar-refractivity contribution >= 4 is 29.2 Å². The summed E-state index contributed by atoms with van der Waals surface area (Å²) in [6.45, 7) is 1.23. The third-order valence-corrected chi connectivity index (χ3v) is 2.96. The van der Waals surface area contributed by atoms with E-state index >= 15 is 0 Å². The number of aryl methyl sites for hydroxylation is 1. The summed E-state index contributed by atoms with van der Waals surface area (Å²) in [6.07, 6.45) is 0. The van der Waals surface area contributed by atoms with Crippen LogP contribution >= 0.6 is 11.6 Å². The molecule has 0 aliphatic carbocycles. The van der Waals surface area contributed by atoms with Gasteiger partial charge in [-0.15, -0.1) is 0 Å². The van der Waals surface area contributed by atoms with Crippen LogP contribution in [-0.4, -0.2) is 18.5 Å². The number of nitrogens with zero attached hydrogens (tertiary/aromatic N) is 1. The number of hydrogen-bond donors (Lipinski definition) is 1. The molecule has 1 aromatic carbocycles. The molecule has 112 valence electrons. The van der Waals surface area contributed by atoms with E-state index in [1.165, 1.54) is 24.3 Å². The third-order valence-electron chi connectivity index (χ3n) is 2.65. The molecule has 0 spiro atoms. The van der Waals surface area contributed by atoms with Crippen molar-refractivity contribution in [2.45, 2.75) is 6.92 Å². The fourth-order valence-electron chi connectivity index (χ4n) is 1.63. The standard InChI is InChI=1S/C15H11ClN2O4/c1-9-2-5-13(22-9)15(20)21-8-14(19)18-11-4-3-10(7-17)12(16)6-11/h2-6H,8H2,1H3,(H,18,19). The largest absolute Gasteiger partial charge is 0.454 e. The predicted octanol–water partition coefficient (Wildman–Crippen LogP) is 2.91. The maximum absolute atomic E-state index is 11.7. The molecule has 7 heteroatoms. The second kappa shape index (κ2) is 6.78. The molecule has 0 radical (unpaired) electrons. The molecule has 0 bridgehead atoms. The zero-order valence-electron chi connectivity index (χ0n) is 11.6. The van der Waals surface area contributed by atoms with Gasteiger partial charge in [-0.05, 0) is 37.3 Å². The van der Waals surface area contributed by atoms with Gasteiger partial charge in [0.25, 0.3) is 5.91 Å². The number of halogens is 1. The van der Waals surface area contributed by atoms with Crippen molar-refractivity contribution in [3.63, 3.8) is 0 Å². The number of benzene rings is 1. The Labute approximate surface area is 131 Å². The number of esters is 1. The molecule has 1 N–H and O–H groups in total. The Balaban J connectivity index is 1.89. The summed E-state index contributed by atoms with van der Waals surface area (Å²) in [6, 6.07) is 9.45. The highest BCUT2D eigenvalue weighted by Gasteiger charge is 2.14. The zero-order valence-corrected chi connectivity index (χ0v) is 12.3. The van der Waals surface area contributed by atoms with E-state index in [4.69, 9.17) is 26.0 Å². The van der Waals surface area contributed by atoms with E-state index in [2.05, 4.69) is 5.32 Å². The monoisotopic (exact) mass is 318 g/mol. The van der Waals surface area contributed by atoms with Gasteiger partial charge in [-0.2, -0.15) is 5.26 Å². The van der Waals surface area contributed by atoms with Gasteiger partial charge in [-0.25, -0.2) is 4.79 Å². The molecule has 6 nitrogen and oxygen atoms in total. The lowest BCUT2D eigenvalue weighted by Gasteiger charge is -2.06. The van der Waals surface area contributed by atoms with Gasteiger partial charge in [-0.1, -0.05) is 11.6 Å². The average Bonchev–Trinajstić information content (AvgIpc) is 2.91. The molecule has 22 heavy (non-hydrogen) atoms. The van der Waals surface area contributed by atoms with E-state index in [1.54, 1.807) is 13.0 Å². The fraction of sp³-hybridized carbons (Fsp3) is 0.133. The van der Waals surface area contributed by atoms with Crippen LogP contribution in [0.15, 0.2) is 34.7 Å². The lowest BCUT2D eigenvalue weighted by molar-refractivity contribution is -0.119. The van der Waals surface area contributed by atoms with Crippen LogP contribution in [0.4, 0.5) is 5.69 Å². The van der Waals surface area contributed by atoms with E-state index < -0.39 is 18.5 Å². The molecule has 0 fully saturated rings. The molecule has 0 aliphatic rings. The first-order chi connectivity index (χ1) is 10.5. The normalized spacial score (nSPS) is 9.86. The third kappa shape index (κ3) is 3.87. The van der Waals surface area contributed by atoms with Crippen LogP contribution in [0.3, 0.4) is 0 Å². The maximum atomic E-state index is 11.7. The number of furan rings is 1. The molecule has 0 saturated carbocycles. The number of anilines is 1. The van der Waals surface area contributed by atoms with Gasteiger partial charge < -0.3 is 14.5 Å². The topological polar surface area (TPSA) is 92.3 Å². The molecule has 0 atom stereocenters. The van der Waals surface area contributed by atoms with Crippen LogP contribution in [0.25, 0.3) is 0 Å². The van der Waals surface area contributed by atoms with Crippen LogP contribution in [0.5, 0.6) is 0 Å². The quantitative estimate of drug-likeness (QED) is 0.875. The van der Waals surface area contributed by atoms with Gasteiger partial charge in [0.15, 0.2) is 6.61 Å². The van der Waals surface area contributed by atoms with Gasteiger partial charge in [-0.3, -0.25) is 4.79 Å². The van der Waals surface area contributed by atoms with Crippen molar-refractivity contribution in [2.75, 3.05) is 11.9 Å². The van der Waals surface area contributed by atoms with Crippen LogP contribution in [-0.2, 0) is 9.53 Å². The Morgan fingerprint density at radius 1 is 1.36 bits per heavy atom. The molecule has 2 aromatic rings.